The summed E-state index contributed by atoms with van der Waals surface area (Å²) in [5, 5.41) is 7.46. The predicted molar refractivity (Wildman–Crippen MR) is 135 cm³/mol. The van der Waals surface area contributed by atoms with E-state index in [1.807, 2.05) is 11.8 Å². The molecule has 2 saturated heterocycles. The second-order valence-corrected chi connectivity index (χ2v) is 9.36. The van der Waals surface area contributed by atoms with Crippen molar-refractivity contribution in [3.8, 4) is 0 Å². The van der Waals surface area contributed by atoms with Crippen molar-refractivity contribution in [1.82, 2.24) is 15.5 Å². The van der Waals surface area contributed by atoms with Gasteiger partial charge in [0.05, 0.1) is 6.54 Å². The topological polar surface area (TPSA) is 48.9 Å². The van der Waals surface area contributed by atoms with Crippen molar-refractivity contribution in [2.45, 2.75) is 55.2 Å². The first-order chi connectivity index (χ1) is 13.7. The molecule has 1 atom stereocenters. The summed E-state index contributed by atoms with van der Waals surface area (Å²) in [4.78, 5) is 9.01. The molecular weight excluding hydrogens is 495 g/mol. The monoisotopic (exact) mass is 532 g/mol. The number of guanidine groups is 1. The van der Waals surface area contributed by atoms with Crippen molar-refractivity contribution in [2.24, 2.45) is 4.99 Å². The molecular formula is C22H37IN4OS. The minimum atomic E-state index is 0. The minimum Gasteiger partial charge on any atom is -0.381 e. The fourth-order valence-corrected chi connectivity index (χ4v) is 5.04. The molecule has 7 heteroatoms. The van der Waals surface area contributed by atoms with Gasteiger partial charge in [-0.1, -0.05) is 25.1 Å². The Kier molecular flexibility index (Phi) is 11.1. The summed E-state index contributed by atoms with van der Waals surface area (Å²) in [6.07, 6.45) is 4.82. The van der Waals surface area contributed by atoms with Crippen molar-refractivity contribution in [2.75, 3.05) is 45.9 Å². The Morgan fingerprint density at radius 2 is 1.86 bits per heavy atom. The average Bonchev–Trinajstić information content (AvgIpc) is 3.27. The number of halogens is 1. The Balaban J connectivity index is 0.00000300. The Morgan fingerprint density at radius 3 is 2.52 bits per heavy atom. The Bertz CT molecular complexity index is 604. The number of benzene rings is 1. The maximum Gasteiger partial charge on any atom is 0.191 e. The number of nitrogens with one attached hydrogen (secondary N) is 2. The van der Waals surface area contributed by atoms with Crippen LogP contribution >= 0.6 is 35.7 Å². The lowest BCUT2D eigenvalue weighted by Gasteiger charge is -2.43. The van der Waals surface area contributed by atoms with Gasteiger partial charge in [-0.2, -0.15) is 0 Å². The highest BCUT2D eigenvalue weighted by molar-refractivity contribution is 14.0. The van der Waals surface area contributed by atoms with Crippen LogP contribution in [0.15, 0.2) is 40.2 Å². The number of thioether (sulfide) groups is 1. The first-order valence-electron chi connectivity index (χ1n) is 10.8. The Labute approximate surface area is 197 Å². The zero-order valence-electron chi connectivity index (χ0n) is 17.9. The lowest BCUT2D eigenvalue weighted by atomic mass is 9.88. The third-order valence-corrected chi connectivity index (χ3v) is 6.83. The summed E-state index contributed by atoms with van der Waals surface area (Å²) in [5.74, 6) is 0.938. The maximum absolute atomic E-state index is 5.67. The molecule has 0 spiro atoms. The van der Waals surface area contributed by atoms with Crippen LogP contribution in [0.1, 0.15) is 39.5 Å². The molecule has 29 heavy (non-hydrogen) atoms. The van der Waals surface area contributed by atoms with E-state index in [9.17, 15) is 0 Å². The summed E-state index contributed by atoms with van der Waals surface area (Å²) in [6.45, 7) is 11.2. The summed E-state index contributed by atoms with van der Waals surface area (Å²) in [6, 6.07) is 10.6. The molecule has 5 nitrogen and oxygen atoms in total. The molecule has 0 aliphatic carbocycles. The van der Waals surface area contributed by atoms with Gasteiger partial charge < -0.3 is 15.4 Å². The molecule has 0 aromatic heterocycles. The fraction of sp³-hybridized carbons (Fsp3) is 0.682. The number of hydrogen-bond acceptors (Lipinski definition) is 4. The van der Waals surface area contributed by atoms with Crippen molar-refractivity contribution in [1.29, 1.82) is 0 Å². The van der Waals surface area contributed by atoms with E-state index in [0.29, 0.717) is 5.25 Å². The second kappa shape index (κ2) is 13.0. The van der Waals surface area contributed by atoms with Crippen LogP contribution in [0.3, 0.4) is 0 Å². The van der Waals surface area contributed by atoms with E-state index in [-0.39, 0.29) is 29.5 Å². The fourth-order valence-electron chi connectivity index (χ4n) is 4.10. The van der Waals surface area contributed by atoms with Gasteiger partial charge in [0.1, 0.15) is 0 Å². The maximum atomic E-state index is 5.67. The second-order valence-electron chi connectivity index (χ2n) is 7.85. The molecule has 3 rings (SSSR count). The van der Waals surface area contributed by atoms with Crippen LogP contribution < -0.4 is 10.6 Å². The van der Waals surface area contributed by atoms with E-state index in [0.717, 1.165) is 51.6 Å². The zero-order chi connectivity index (χ0) is 19.7. The average molecular weight is 533 g/mol. The molecule has 1 aromatic rings. The molecule has 2 aliphatic heterocycles. The molecule has 0 amide bonds. The van der Waals surface area contributed by atoms with E-state index in [2.05, 4.69) is 59.7 Å². The molecule has 2 fully saturated rings. The summed E-state index contributed by atoms with van der Waals surface area (Å²) in [7, 11) is 0. The highest BCUT2D eigenvalue weighted by atomic mass is 127. The molecule has 2 aliphatic rings. The smallest absolute Gasteiger partial charge is 0.191 e. The van der Waals surface area contributed by atoms with Gasteiger partial charge in [-0.15, -0.1) is 35.7 Å². The molecule has 2 heterocycles. The van der Waals surface area contributed by atoms with Crippen LogP contribution in [-0.4, -0.2) is 67.6 Å². The number of hydrogen-bond donors (Lipinski definition) is 2. The highest BCUT2D eigenvalue weighted by Crippen LogP contribution is 2.31. The minimum absolute atomic E-state index is 0. The molecule has 164 valence electrons. The molecule has 1 aromatic carbocycles. The SMILES string of the molecule is CCNC(=NCC1(N2CCCC2)CCOCC1)NCC(C)Sc1ccccc1.I. The lowest BCUT2D eigenvalue weighted by molar-refractivity contribution is -0.0139. The summed E-state index contributed by atoms with van der Waals surface area (Å²) >= 11 is 1.90. The van der Waals surface area contributed by atoms with Crippen LogP contribution in [0.4, 0.5) is 0 Å². The van der Waals surface area contributed by atoms with E-state index in [1.165, 1.54) is 30.8 Å². The number of nitrogens with zero attached hydrogens (tertiary/aromatic N) is 2. The van der Waals surface area contributed by atoms with Crippen LogP contribution in [0, 0.1) is 0 Å². The van der Waals surface area contributed by atoms with Gasteiger partial charge in [-0.25, -0.2) is 0 Å². The normalized spacial score (nSPS) is 20.7. The number of likely N-dealkylation sites (tertiary alicyclic amines) is 1. The highest BCUT2D eigenvalue weighted by Gasteiger charge is 2.39. The number of rotatable bonds is 8. The lowest BCUT2D eigenvalue weighted by Crippen LogP contribution is -2.54. The third kappa shape index (κ3) is 7.60. The zero-order valence-corrected chi connectivity index (χ0v) is 21.0. The van der Waals surface area contributed by atoms with Gasteiger partial charge >= 0.3 is 0 Å². The van der Waals surface area contributed by atoms with Crippen LogP contribution in [0.2, 0.25) is 0 Å². The van der Waals surface area contributed by atoms with Gasteiger partial charge in [0.15, 0.2) is 5.96 Å². The first kappa shape index (κ1) is 24.8. The van der Waals surface area contributed by atoms with Crippen molar-refractivity contribution >= 4 is 41.7 Å². The van der Waals surface area contributed by atoms with Gasteiger partial charge in [-0.3, -0.25) is 9.89 Å². The van der Waals surface area contributed by atoms with E-state index >= 15 is 0 Å². The van der Waals surface area contributed by atoms with Crippen LogP contribution in [0.5, 0.6) is 0 Å². The molecule has 1 unspecified atom stereocenters. The summed E-state index contributed by atoms with van der Waals surface area (Å²) < 4.78 is 5.67. The number of aliphatic imine (C=N–C) groups is 1. The third-order valence-electron chi connectivity index (χ3n) is 5.71. The first-order valence-corrected chi connectivity index (χ1v) is 11.7. The molecule has 0 radical (unpaired) electrons. The summed E-state index contributed by atoms with van der Waals surface area (Å²) in [5.41, 5.74) is 0.182. The van der Waals surface area contributed by atoms with Gasteiger partial charge in [0.2, 0.25) is 0 Å². The Morgan fingerprint density at radius 1 is 1.17 bits per heavy atom. The van der Waals surface area contributed by atoms with Crippen LogP contribution in [-0.2, 0) is 4.74 Å². The molecule has 0 saturated carbocycles. The molecule has 2 N–H and O–H groups in total. The van der Waals surface area contributed by atoms with Crippen molar-refractivity contribution < 1.29 is 4.74 Å². The van der Waals surface area contributed by atoms with E-state index < -0.39 is 0 Å². The molecule has 0 bridgehead atoms. The van der Waals surface area contributed by atoms with Crippen molar-refractivity contribution in [3.63, 3.8) is 0 Å². The predicted octanol–water partition coefficient (Wildman–Crippen LogP) is 3.99. The largest absolute Gasteiger partial charge is 0.381 e. The van der Waals surface area contributed by atoms with Crippen molar-refractivity contribution in [3.05, 3.63) is 30.3 Å². The standard InChI is InChI=1S/C22H36N4OS.HI/c1-3-23-21(24-17-19(2)28-20-9-5-4-6-10-20)25-18-22(11-15-27-16-12-22)26-13-7-8-14-26;/h4-6,9-10,19H,3,7-8,11-18H2,1-2H3,(H2,23,24,25);1H. The quantitative estimate of drug-likeness (QED) is 0.230. The Hall–Kier alpha value is -0.510. The van der Waals surface area contributed by atoms with Gasteiger partial charge in [0, 0.05) is 42.0 Å². The van der Waals surface area contributed by atoms with Crippen LogP contribution in [0.25, 0.3) is 0 Å². The van der Waals surface area contributed by atoms with E-state index in [4.69, 9.17) is 9.73 Å². The number of ether oxygens (including phenoxy) is 1. The van der Waals surface area contributed by atoms with Gasteiger partial charge in [0.25, 0.3) is 0 Å². The van der Waals surface area contributed by atoms with Gasteiger partial charge in [-0.05, 0) is 57.8 Å². The van der Waals surface area contributed by atoms with E-state index in [1.54, 1.807) is 0 Å².